The summed E-state index contributed by atoms with van der Waals surface area (Å²) < 4.78 is 32.0. The molecular formula is C8H3O7S-3. The molecule has 0 heterocycles. The number of carbonyl (C=O) groups excluding carboxylic acids is 2. The summed E-state index contributed by atoms with van der Waals surface area (Å²) in [6.07, 6.45) is 0. The Bertz CT molecular complexity index is 558. The second kappa shape index (κ2) is 3.91. The van der Waals surface area contributed by atoms with Gasteiger partial charge < -0.3 is 24.4 Å². The highest BCUT2D eigenvalue weighted by molar-refractivity contribution is 7.85. The maximum Gasteiger partial charge on any atom is 0.125 e. The highest BCUT2D eigenvalue weighted by atomic mass is 32.2. The van der Waals surface area contributed by atoms with E-state index in [1.807, 2.05) is 0 Å². The van der Waals surface area contributed by atoms with Crippen LogP contribution in [0, 0.1) is 0 Å². The van der Waals surface area contributed by atoms with Crippen molar-refractivity contribution in [1.82, 2.24) is 0 Å². The van der Waals surface area contributed by atoms with E-state index >= 15 is 0 Å². The van der Waals surface area contributed by atoms with Gasteiger partial charge in [0.15, 0.2) is 0 Å². The molecule has 0 aliphatic rings. The van der Waals surface area contributed by atoms with E-state index in [4.69, 9.17) is 0 Å². The minimum atomic E-state index is -5.10. The van der Waals surface area contributed by atoms with Crippen molar-refractivity contribution in [3.05, 3.63) is 29.3 Å². The average Bonchev–Trinajstić information content (AvgIpc) is 2.15. The second-order valence-electron chi connectivity index (χ2n) is 2.74. The van der Waals surface area contributed by atoms with Crippen LogP contribution in [0.4, 0.5) is 0 Å². The molecule has 0 aliphatic carbocycles. The molecule has 8 heteroatoms. The molecule has 0 spiro atoms. The van der Waals surface area contributed by atoms with Crippen molar-refractivity contribution in [2.24, 2.45) is 0 Å². The van der Waals surface area contributed by atoms with E-state index in [2.05, 4.69) is 0 Å². The number of carbonyl (C=O) groups is 2. The lowest BCUT2D eigenvalue weighted by Crippen LogP contribution is -2.26. The molecule has 1 aromatic rings. The zero-order chi connectivity index (χ0) is 12.5. The van der Waals surface area contributed by atoms with Crippen LogP contribution in [0.15, 0.2) is 23.1 Å². The number of benzene rings is 1. The van der Waals surface area contributed by atoms with Crippen LogP contribution in [0.5, 0.6) is 0 Å². The maximum absolute atomic E-state index is 10.7. The van der Waals surface area contributed by atoms with E-state index in [0.717, 1.165) is 6.07 Å². The third kappa shape index (κ3) is 2.35. The number of hydrogen-bond acceptors (Lipinski definition) is 7. The van der Waals surface area contributed by atoms with Gasteiger partial charge in [0.25, 0.3) is 0 Å². The maximum atomic E-state index is 10.7. The average molecular weight is 243 g/mol. The van der Waals surface area contributed by atoms with Crippen molar-refractivity contribution >= 4 is 22.1 Å². The second-order valence-corrected chi connectivity index (χ2v) is 4.09. The molecule has 0 atom stereocenters. The van der Waals surface area contributed by atoms with Crippen LogP contribution in [0.1, 0.15) is 20.7 Å². The molecule has 0 aromatic heterocycles. The first kappa shape index (κ1) is 12.1. The number of carboxylic acid groups (broad SMARTS) is 2. The third-order valence-corrected chi connectivity index (χ3v) is 2.58. The molecule has 7 nitrogen and oxygen atoms in total. The molecule has 0 radical (unpaired) electrons. The lowest BCUT2D eigenvalue weighted by Gasteiger charge is -2.15. The van der Waals surface area contributed by atoms with Crippen molar-refractivity contribution in [3.8, 4) is 0 Å². The van der Waals surface area contributed by atoms with Crippen LogP contribution < -0.4 is 10.2 Å². The van der Waals surface area contributed by atoms with Crippen LogP contribution in [0.2, 0.25) is 0 Å². The molecule has 1 rings (SSSR count). The topological polar surface area (TPSA) is 137 Å². The van der Waals surface area contributed by atoms with Crippen LogP contribution in [0.3, 0.4) is 0 Å². The minimum Gasteiger partial charge on any atom is -0.744 e. The van der Waals surface area contributed by atoms with Gasteiger partial charge in [-0.05, 0) is 11.6 Å². The molecule has 0 saturated carbocycles. The Kier molecular flexibility index (Phi) is 2.97. The Labute approximate surface area is 89.7 Å². The minimum absolute atomic E-state index is 0.419. The Hall–Kier alpha value is -1.93. The molecular weight excluding hydrogens is 240 g/mol. The highest BCUT2D eigenvalue weighted by Gasteiger charge is 2.11. The van der Waals surface area contributed by atoms with E-state index in [1.54, 1.807) is 0 Å². The first-order chi connectivity index (χ1) is 7.23. The smallest absolute Gasteiger partial charge is 0.125 e. The fraction of sp³-hybridized carbons (Fsp3) is 0. The monoisotopic (exact) mass is 243 g/mol. The number of carboxylic acids is 2. The molecule has 0 N–H and O–H groups in total. The first-order valence-corrected chi connectivity index (χ1v) is 5.17. The Morgan fingerprint density at radius 2 is 1.62 bits per heavy atom. The van der Waals surface area contributed by atoms with Gasteiger partial charge in [0.2, 0.25) is 0 Å². The number of rotatable bonds is 3. The standard InChI is InChI=1S/C8H6O7S/c9-7(10)4-1-2-5(8(11)12)6(3-4)16(13,14)15/h1-3H,(H,9,10)(H,11,12)(H,13,14,15)/p-3. The number of hydrogen-bond donors (Lipinski definition) is 0. The third-order valence-electron chi connectivity index (χ3n) is 1.71. The summed E-state index contributed by atoms with van der Waals surface area (Å²) in [5.74, 6) is -3.62. The summed E-state index contributed by atoms with van der Waals surface area (Å²) in [7, 11) is -5.10. The van der Waals surface area contributed by atoms with Crippen molar-refractivity contribution in [2.75, 3.05) is 0 Å². The Balaban J connectivity index is 3.58. The van der Waals surface area contributed by atoms with Gasteiger partial charge in [0.1, 0.15) is 10.1 Å². The lowest BCUT2D eigenvalue weighted by atomic mass is 10.1. The predicted molar refractivity (Wildman–Crippen MR) is 43.1 cm³/mol. The van der Waals surface area contributed by atoms with Crippen molar-refractivity contribution < 1.29 is 32.8 Å². The Morgan fingerprint density at radius 3 is 2.00 bits per heavy atom. The van der Waals surface area contributed by atoms with Gasteiger partial charge in [-0.1, -0.05) is 12.1 Å². The fourth-order valence-electron chi connectivity index (χ4n) is 1.02. The molecule has 16 heavy (non-hydrogen) atoms. The largest absolute Gasteiger partial charge is 0.744 e. The van der Waals surface area contributed by atoms with Crippen molar-refractivity contribution in [3.63, 3.8) is 0 Å². The van der Waals surface area contributed by atoms with Crippen molar-refractivity contribution in [2.45, 2.75) is 4.90 Å². The van der Waals surface area contributed by atoms with Gasteiger partial charge in [-0.3, -0.25) is 0 Å². The molecule has 0 bridgehead atoms. The fourth-order valence-corrected chi connectivity index (χ4v) is 1.72. The molecule has 0 fully saturated rings. The number of aromatic carboxylic acids is 2. The SMILES string of the molecule is O=C([O-])c1ccc(C(=O)[O-])c(S(=O)(=O)[O-])c1. The molecule has 0 amide bonds. The zero-order valence-corrected chi connectivity index (χ0v) is 8.31. The summed E-state index contributed by atoms with van der Waals surface area (Å²) >= 11 is 0. The van der Waals surface area contributed by atoms with Gasteiger partial charge in [-0.15, -0.1) is 0 Å². The molecule has 1 aromatic carbocycles. The van der Waals surface area contributed by atoms with Gasteiger partial charge >= 0.3 is 0 Å². The van der Waals surface area contributed by atoms with Crippen LogP contribution >= 0.6 is 0 Å². The normalized spacial score (nSPS) is 11.1. The summed E-state index contributed by atoms with van der Waals surface area (Å²) in [5.41, 5.74) is -1.50. The van der Waals surface area contributed by atoms with Gasteiger partial charge in [-0.25, -0.2) is 8.42 Å². The first-order valence-electron chi connectivity index (χ1n) is 3.76. The quantitative estimate of drug-likeness (QED) is 0.527. The van der Waals surface area contributed by atoms with E-state index in [0.29, 0.717) is 12.1 Å². The van der Waals surface area contributed by atoms with Crippen LogP contribution in [-0.4, -0.2) is 24.9 Å². The van der Waals surface area contributed by atoms with Crippen molar-refractivity contribution in [1.29, 1.82) is 0 Å². The molecule has 0 saturated heterocycles. The molecule has 0 unspecified atom stereocenters. The summed E-state index contributed by atoms with van der Waals surface area (Å²) in [6, 6.07) is 1.88. The van der Waals surface area contributed by atoms with Gasteiger partial charge in [0.05, 0.1) is 16.8 Å². The summed E-state index contributed by atoms with van der Waals surface area (Å²) in [4.78, 5) is 19.7. The molecule has 86 valence electrons. The van der Waals surface area contributed by atoms with Crippen LogP contribution in [-0.2, 0) is 10.1 Å². The van der Waals surface area contributed by atoms with E-state index in [-0.39, 0.29) is 0 Å². The summed E-state index contributed by atoms with van der Waals surface area (Å²) in [5, 5.41) is 20.9. The highest BCUT2D eigenvalue weighted by Crippen LogP contribution is 2.16. The molecule has 0 aliphatic heterocycles. The van der Waals surface area contributed by atoms with Gasteiger partial charge in [-0.2, -0.15) is 0 Å². The van der Waals surface area contributed by atoms with E-state index < -0.39 is 38.1 Å². The van der Waals surface area contributed by atoms with E-state index in [9.17, 15) is 32.8 Å². The van der Waals surface area contributed by atoms with Gasteiger partial charge in [0, 0.05) is 5.56 Å². The van der Waals surface area contributed by atoms with Crippen LogP contribution in [0.25, 0.3) is 0 Å². The zero-order valence-electron chi connectivity index (χ0n) is 7.50. The lowest BCUT2D eigenvalue weighted by molar-refractivity contribution is -0.256. The summed E-state index contributed by atoms with van der Waals surface area (Å²) in [6.45, 7) is 0. The van der Waals surface area contributed by atoms with E-state index in [1.165, 1.54) is 0 Å². The predicted octanol–water partition coefficient (Wildman–Crippen LogP) is -2.68. The Morgan fingerprint density at radius 1 is 1.06 bits per heavy atom.